The number of anilines is 1. The summed E-state index contributed by atoms with van der Waals surface area (Å²) in [5.74, 6) is 0.582. The van der Waals surface area contributed by atoms with Gasteiger partial charge in [0.15, 0.2) is 5.82 Å². The Morgan fingerprint density at radius 3 is 2.79 bits per heavy atom. The molecule has 94 valence electrons. The highest BCUT2D eigenvalue weighted by Gasteiger charge is 2.06. The van der Waals surface area contributed by atoms with Crippen LogP contribution in [0.4, 0.5) is 5.82 Å². The van der Waals surface area contributed by atoms with Crippen molar-refractivity contribution in [3.05, 3.63) is 64.6 Å². The minimum Gasteiger partial charge on any atom is -0.363 e. The number of benzene rings is 1. The second-order valence-electron chi connectivity index (χ2n) is 4.14. The minimum atomic E-state index is -0.228. The first-order valence-electron chi connectivity index (χ1n) is 5.96. The van der Waals surface area contributed by atoms with Crippen LogP contribution in [-0.2, 0) is 6.54 Å². The number of nitrogens with zero attached hydrogens (tertiary/aromatic N) is 2. The summed E-state index contributed by atoms with van der Waals surface area (Å²) in [6.45, 7) is 0.631. The van der Waals surface area contributed by atoms with Gasteiger partial charge in [-0.25, -0.2) is 5.10 Å². The second-order valence-corrected chi connectivity index (χ2v) is 4.14. The van der Waals surface area contributed by atoms with Gasteiger partial charge in [0.25, 0.3) is 5.56 Å². The van der Waals surface area contributed by atoms with Gasteiger partial charge in [-0.2, -0.15) is 5.10 Å². The fourth-order valence-corrected chi connectivity index (χ4v) is 1.90. The van der Waals surface area contributed by atoms with Crippen molar-refractivity contribution < 1.29 is 0 Å². The predicted molar refractivity (Wildman–Crippen MR) is 73.9 cm³/mol. The normalized spacial score (nSPS) is 10.5. The molecule has 1 aromatic carbocycles. The summed E-state index contributed by atoms with van der Waals surface area (Å²) in [5.41, 5.74) is 1.50. The van der Waals surface area contributed by atoms with Crippen molar-refractivity contribution >= 4 is 16.7 Å². The van der Waals surface area contributed by atoms with E-state index in [1.54, 1.807) is 18.3 Å². The van der Waals surface area contributed by atoms with E-state index in [4.69, 9.17) is 0 Å². The SMILES string of the molecule is O=c1[nH]nc(NCc2ccccc2)c2ncccc12. The third-order valence-corrected chi connectivity index (χ3v) is 2.85. The zero-order valence-corrected chi connectivity index (χ0v) is 10.1. The van der Waals surface area contributed by atoms with Crippen molar-refractivity contribution in [3.8, 4) is 0 Å². The Kier molecular flexibility index (Phi) is 2.94. The molecule has 0 spiro atoms. The van der Waals surface area contributed by atoms with Crippen molar-refractivity contribution in [2.24, 2.45) is 0 Å². The van der Waals surface area contributed by atoms with Gasteiger partial charge in [-0.1, -0.05) is 30.3 Å². The molecule has 0 bridgehead atoms. The molecule has 0 amide bonds. The number of fused-ring (bicyclic) bond motifs is 1. The first-order chi connectivity index (χ1) is 9.34. The van der Waals surface area contributed by atoms with E-state index >= 15 is 0 Å². The average molecular weight is 252 g/mol. The Bertz CT molecular complexity index is 752. The quantitative estimate of drug-likeness (QED) is 0.747. The van der Waals surface area contributed by atoms with Crippen LogP contribution in [0.25, 0.3) is 10.9 Å². The summed E-state index contributed by atoms with van der Waals surface area (Å²) in [7, 11) is 0. The molecule has 2 aromatic heterocycles. The molecule has 5 nitrogen and oxygen atoms in total. The van der Waals surface area contributed by atoms with E-state index in [-0.39, 0.29) is 5.56 Å². The summed E-state index contributed by atoms with van der Waals surface area (Å²) < 4.78 is 0. The number of aromatic amines is 1. The molecule has 2 N–H and O–H groups in total. The second kappa shape index (κ2) is 4.89. The molecule has 19 heavy (non-hydrogen) atoms. The van der Waals surface area contributed by atoms with Gasteiger partial charge in [0, 0.05) is 12.7 Å². The number of aromatic nitrogens is 3. The van der Waals surface area contributed by atoms with Crippen LogP contribution < -0.4 is 10.9 Å². The summed E-state index contributed by atoms with van der Waals surface area (Å²) in [5, 5.41) is 10.2. The van der Waals surface area contributed by atoms with Crippen LogP contribution in [-0.4, -0.2) is 15.2 Å². The zero-order valence-electron chi connectivity index (χ0n) is 10.1. The molecule has 0 saturated carbocycles. The van der Waals surface area contributed by atoms with Crippen LogP contribution in [0.3, 0.4) is 0 Å². The van der Waals surface area contributed by atoms with E-state index in [2.05, 4.69) is 20.5 Å². The molecule has 0 aliphatic heterocycles. The van der Waals surface area contributed by atoms with Crippen molar-refractivity contribution in [2.45, 2.75) is 6.54 Å². The lowest BCUT2D eigenvalue weighted by atomic mass is 10.2. The molecular formula is C14H12N4O. The van der Waals surface area contributed by atoms with Crippen LogP contribution in [0.15, 0.2) is 53.5 Å². The van der Waals surface area contributed by atoms with Gasteiger partial charge in [0.2, 0.25) is 0 Å². The monoisotopic (exact) mass is 252 g/mol. The minimum absolute atomic E-state index is 0.228. The molecule has 0 unspecified atom stereocenters. The van der Waals surface area contributed by atoms with Crippen molar-refractivity contribution in [2.75, 3.05) is 5.32 Å². The lowest BCUT2D eigenvalue weighted by molar-refractivity contribution is 0.983. The fourth-order valence-electron chi connectivity index (χ4n) is 1.90. The van der Waals surface area contributed by atoms with E-state index in [0.717, 1.165) is 5.56 Å². The first kappa shape index (κ1) is 11.4. The van der Waals surface area contributed by atoms with E-state index in [1.807, 2.05) is 30.3 Å². The lowest BCUT2D eigenvalue weighted by Crippen LogP contribution is -2.12. The highest BCUT2D eigenvalue weighted by molar-refractivity contribution is 5.86. The standard InChI is InChI=1S/C14H12N4O/c19-14-11-7-4-8-15-12(11)13(17-18-14)16-9-10-5-2-1-3-6-10/h1-8H,9H2,(H,16,17)(H,18,19). The molecule has 0 fully saturated rings. The van der Waals surface area contributed by atoms with E-state index in [0.29, 0.717) is 23.3 Å². The number of rotatable bonds is 3. The van der Waals surface area contributed by atoms with Gasteiger partial charge < -0.3 is 5.32 Å². The van der Waals surface area contributed by atoms with Crippen LogP contribution in [0.2, 0.25) is 0 Å². The molecule has 3 rings (SSSR count). The number of H-pyrrole nitrogens is 1. The smallest absolute Gasteiger partial charge is 0.273 e. The average Bonchev–Trinajstić information content (AvgIpc) is 2.48. The molecule has 3 aromatic rings. The van der Waals surface area contributed by atoms with Crippen LogP contribution in [0.1, 0.15) is 5.56 Å². The van der Waals surface area contributed by atoms with Gasteiger partial charge in [-0.15, -0.1) is 0 Å². The molecule has 0 aliphatic carbocycles. The maximum absolute atomic E-state index is 11.6. The first-order valence-corrected chi connectivity index (χ1v) is 5.96. The van der Waals surface area contributed by atoms with Crippen LogP contribution >= 0.6 is 0 Å². The maximum atomic E-state index is 11.6. The van der Waals surface area contributed by atoms with Crippen molar-refractivity contribution in [1.82, 2.24) is 15.2 Å². The van der Waals surface area contributed by atoms with E-state index < -0.39 is 0 Å². The molecule has 5 heteroatoms. The molecule has 0 atom stereocenters. The van der Waals surface area contributed by atoms with E-state index in [9.17, 15) is 4.79 Å². The summed E-state index contributed by atoms with van der Waals surface area (Å²) in [6.07, 6.45) is 1.65. The maximum Gasteiger partial charge on any atom is 0.273 e. The van der Waals surface area contributed by atoms with Crippen LogP contribution in [0.5, 0.6) is 0 Å². The van der Waals surface area contributed by atoms with Gasteiger partial charge >= 0.3 is 0 Å². The Morgan fingerprint density at radius 2 is 1.95 bits per heavy atom. The Labute approximate surface area is 109 Å². The van der Waals surface area contributed by atoms with Crippen molar-refractivity contribution in [1.29, 1.82) is 0 Å². The molecular weight excluding hydrogens is 240 g/mol. The largest absolute Gasteiger partial charge is 0.363 e. The number of hydrogen-bond acceptors (Lipinski definition) is 4. The molecule has 0 radical (unpaired) electrons. The Hall–Kier alpha value is -2.69. The van der Waals surface area contributed by atoms with Gasteiger partial charge in [0.1, 0.15) is 5.52 Å². The summed E-state index contributed by atoms with van der Waals surface area (Å²) in [6, 6.07) is 13.4. The van der Waals surface area contributed by atoms with Crippen molar-refractivity contribution in [3.63, 3.8) is 0 Å². The zero-order chi connectivity index (χ0) is 13.1. The third-order valence-electron chi connectivity index (χ3n) is 2.85. The Balaban J connectivity index is 1.94. The highest BCUT2D eigenvalue weighted by Crippen LogP contribution is 2.14. The van der Waals surface area contributed by atoms with Gasteiger partial charge in [-0.05, 0) is 17.7 Å². The van der Waals surface area contributed by atoms with E-state index in [1.165, 1.54) is 0 Å². The van der Waals surface area contributed by atoms with Crippen LogP contribution in [0, 0.1) is 0 Å². The third kappa shape index (κ3) is 2.30. The number of nitrogens with one attached hydrogen (secondary N) is 2. The molecule has 2 heterocycles. The summed E-state index contributed by atoms with van der Waals surface area (Å²) >= 11 is 0. The highest BCUT2D eigenvalue weighted by atomic mass is 16.1. The Morgan fingerprint density at radius 1 is 1.11 bits per heavy atom. The topological polar surface area (TPSA) is 70.7 Å². The lowest BCUT2D eigenvalue weighted by Gasteiger charge is -2.07. The van der Waals surface area contributed by atoms with Gasteiger partial charge in [0.05, 0.1) is 5.39 Å². The molecule has 0 saturated heterocycles. The fraction of sp³-hybridized carbons (Fsp3) is 0.0714. The molecule has 0 aliphatic rings. The number of hydrogen-bond donors (Lipinski definition) is 2. The number of pyridine rings is 1. The van der Waals surface area contributed by atoms with Gasteiger partial charge in [-0.3, -0.25) is 9.78 Å². The predicted octanol–water partition coefficient (Wildman–Crippen LogP) is 1.93. The summed E-state index contributed by atoms with van der Waals surface area (Å²) in [4.78, 5) is 15.8.